The Balaban J connectivity index is 1.44. The number of ether oxygens (including phenoxy) is 1. The third-order valence-corrected chi connectivity index (χ3v) is 13.4. The van der Waals surface area contributed by atoms with Gasteiger partial charge in [0.15, 0.2) is 0 Å². The van der Waals surface area contributed by atoms with E-state index in [0.717, 1.165) is 31.4 Å². The molecule has 3 aromatic carbocycles. The Kier molecular flexibility index (Phi) is 7.60. The summed E-state index contributed by atoms with van der Waals surface area (Å²) in [5, 5.41) is 18.2. The van der Waals surface area contributed by atoms with Crippen LogP contribution < -0.4 is 15.7 Å². The summed E-state index contributed by atoms with van der Waals surface area (Å²) in [7, 11) is -2.64. The lowest BCUT2D eigenvalue weighted by molar-refractivity contribution is -0.194. The van der Waals surface area contributed by atoms with Crippen LogP contribution in [0.2, 0.25) is 5.04 Å². The molecule has 1 aliphatic heterocycles. The highest BCUT2D eigenvalue weighted by atomic mass is 28.4. The number of rotatable bonds is 7. The van der Waals surface area contributed by atoms with Crippen LogP contribution in [0.4, 0.5) is 5.69 Å². The van der Waals surface area contributed by atoms with Crippen molar-refractivity contribution in [1.29, 1.82) is 0 Å². The average Bonchev–Trinajstić information content (AvgIpc) is 2.91. The zero-order valence-corrected chi connectivity index (χ0v) is 23.4. The molecule has 3 aromatic rings. The summed E-state index contributed by atoms with van der Waals surface area (Å²) in [6.07, 6.45) is 3.23. The maximum Gasteiger partial charge on any atom is 0.261 e. The lowest BCUT2D eigenvalue weighted by Gasteiger charge is -2.53. The number of hydrogen-bond acceptors (Lipinski definition) is 4. The normalized spacial score (nSPS) is 26.3. The minimum absolute atomic E-state index is 0.0377. The SMILES string of the molecule is CC(C)(C)[Si](OCC1CC[C@H](Nc2ccccc2)[C@]2(O)CCCOC12)(c1ccccc1)c1ccccc1. The highest BCUT2D eigenvalue weighted by Crippen LogP contribution is 2.44. The standard InChI is InChI=1S/C32H41NO3Si/c1-31(2,3)37(27-16-9-5-10-17-27,28-18-11-6-12-19-28)36-24-25-20-21-29(33-26-14-7-4-8-15-26)32(34)22-13-23-35-30(25)32/h4-12,14-19,25,29-30,33-34H,13,20-24H2,1-3H3/t25?,29-,30?,32+/m0/s1. The molecule has 1 aliphatic carbocycles. The van der Waals surface area contributed by atoms with Crippen LogP contribution in [0, 0.1) is 5.92 Å². The van der Waals surface area contributed by atoms with Crippen molar-refractivity contribution in [2.75, 3.05) is 18.5 Å². The molecule has 0 bridgehead atoms. The van der Waals surface area contributed by atoms with Gasteiger partial charge in [0.1, 0.15) is 5.60 Å². The van der Waals surface area contributed by atoms with Gasteiger partial charge in [-0.1, -0.05) is 99.6 Å². The van der Waals surface area contributed by atoms with E-state index in [4.69, 9.17) is 9.16 Å². The quantitative estimate of drug-likeness (QED) is 0.416. The maximum absolute atomic E-state index is 12.1. The summed E-state index contributed by atoms with van der Waals surface area (Å²) >= 11 is 0. The monoisotopic (exact) mass is 515 g/mol. The van der Waals surface area contributed by atoms with Crippen molar-refractivity contribution >= 4 is 24.4 Å². The summed E-state index contributed by atoms with van der Waals surface area (Å²) < 4.78 is 13.7. The maximum atomic E-state index is 12.1. The molecule has 37 heavy (non-hydrogen) atoms. The van der Waals surface area contributed by atoms with Crippen LogP contribution in [-0.4, -0.2) is 44.4 Å². The van der Waals surface area contributed by atoms with Crippen molar-refractivity contribution in [1.82, 2.24) is 0 Å². The summed E-state index contributed by atoms with van der Waals surface area (Å²) in [6.45, 7) is 8.22. The van der Waals surface area contributed by atoms with E-state index in [1.165, 1.54) is 10.4 Å². The highest BCUT2D eigenvalue weighted by molar-refractivity contribution is 6.99. The Morgan fingerprint density at radius 3 is 2.03 bits per heavy atom. The summed E-state index contributed by atoms with van der Waals surface area (Å²) in [5.41, 5.74) is 0.137. The van der Waals surface area contributed by atoms with Crippen LogP contribution in [0.3, 0.4) is 0 Å². The minimum atomic E-state index is -2.64. The van der Waals surface area contributed by atoms with Crippen molar-refractivity contribution in [3.63, 3.8) is 0 Å². The van der Waals surface area contributed by atoms with Crippen molar-refractivity contribution in [2.45, 2.75) is 69.2 Å². The predicted octanol–water partition coefficient (Wildman–Crippen LogP) is 5.36. The fourth-order valence-electron chi connectivity index (χ4n) is 6.65. The van der Waals surface area contributed by atoms with E-state index in [0.29, 0.717) is 13.2 Å². The second kappa shape index (κ2) is 10.7. The van der Waals surface area contributed by atoms with Crippen LogP contribution in [0.1, 0.15) is 46.5 Å². The summed E-state index contributed by atoms with van der Waals surface area (Å²) in [5.74, 6) is 0.140. The van der Waals surface area contributed by atoms with Gasteiger partial charge in [-0.3, -0.25) is 0 Å². The molecule has 1 heterocycles. The third-order valence-electron chi connectivity index (χ3n) is 8.41. The Bertz CT molecular complexity index is 1100. The molecule has 2 N–H and O–H groups in total. The molecule has 0 aromatic heterocycles. The predicted molar refractivity (Wildman–Crippen MR) is 154 cm³/mol. The number of aliphatic hydroxyl groups is 1. The number of fused-ring (bicyclic) bond motifs is 1. The molecule has 5 rings (SSSR count). The van der Waals surface area contributed by atoms with Gasteiger partial charge in [-0.25, -0.2) is 0 Å². The lowest BCUT2D eigenvalue weighted by atomic mass is 9.69. The molecule has 1 saturated heterocycles. The van der Waals surface area contributed by atoms with Crippen LogP contribution >= 0.6 is 0 Å². The molecular weight excluding hydrogens is 474 g/mol. The molecule has 2 unspecified atom stereocenters. The van der Waals surface area contributed by atoms with Crippen molar-refractivity contribution in [2.24, 2.45) is 5.92 Å². The first-order valence-electron chi connectivity index (χ1n) is 13.8. The van der Waals surface area contributed by atoms with Crippen molar-refractivity contribution in [3.05, 3.63) is 91.0 Å². The van der Waals surface area contributed by atoms with E-state index in [1.54, 1.807) is 0 Å². The number of anilines is 1. The Labute approximate surface area is 223 Å². The minimum Gasteiger partial charge on any atom is -0.407 e. The van der Waals surface area contributed by atoms with Gasteiger partial charge < -0.3 is 19.6 Å². The second-order valence-electron chi connectivity index (χ2n) is 11.8. The van der Waals surface area contributed by atoms with Crippen molar-refractivity contribution < 1.29 is 14.3 Å². The fraction of sp³-hybridized carbons (Fsp3) is 0.438. The number of hydrogen-bond donors (Lipinski definition) is 2. The van der Waals surface area contributed by atoms with E-state index in [9.17, 15) is 5.11 Å². The van der Waals surface area contributed by atoms with Crippen LogP contribution in [0.5, 0.6) is 0 Å². The molecule has 0 spiro atoms. The highest BCUT2D eigenvalue weighted by Gasteiger charge is 2.55. The third kappa shape index (κ3) is 5.02. The van der Waals surface area contributed by atoms with Gasteiger partial charge in [0.25, 0.3) is 8.32 Å². The van der Waals surface area contributed by atoms with Crippen molar-refractivity contribution in [3.8, 4) is 0 Å². The van der Waals surface area contributed by atoms with E-state index in [-0.39, 0.29) is 23.1 Å². The molecule has 196 valence electrons. The topological polar surface area (TPSA) is 50.7 Å². The molecule has 5 heteroatoms. The molecule has 0 radical (unpaired) electrons. The molecule has 1 saturated carbocycles. The zero-order valence-electron chi connectivity index (χ0n) is 22.4. The molecule has 2 fully saturated rings. The zero-order chi connectivity index (χ0) is 25.9. The Morgan fingerprint density at radius 1 is 0.892 bits per heavy atom. The lowest BCUT2D eigenvalue weighted by Crippen LogP contribution is -2.68. The van der Waals surface area contributed by atoms with Gasteiger partial charge in [0.05, 0.1) is 12.1 Å². The van der Waals surface area contributed by atoms with Crippen LogP contribution in [0.15, 0.2) is 91.0 Å². The average molecular weight is 516 g/mol. The van der Waals surface area contributed by atoms with Crippen LogP contribution in [-0.2, 0) is 9.16 Å². The van der Waals surface area contributed by atoms with E-state index >= 15 is 0 Å². The molecule has 4 nitrogen and oxygen atoms in total. The first-order valence-corrected chi connectivity index (χ1v) is 15.7. The largest absolute Gasteiger partial charge is 0.407 e. The molecule has 0 amide bonds. The van der Waals surface area contributed by atoms with E-state index in [1.807, 2.05) is 18.2 Å². The summed E-state index contributed by atoms with van der Waals surface area (Å²) in [6, 6.07) is 31.8. The Hall–Kier alpha value is -2.44. The molecule has 4 atom stereocenters. The Morgan fingerprint density at radius 2 is 1.46 bits per heavy atom. The van der Waals surface area contributed by atoms with E-state index in [2.05, 4.69) is 98.9 Å². The number of nitrogens with one attached hydrogen (secondary N) is 1. The second-order valence-corrected chi connectivity index (χ2v) is 16.1. The summed E-state index contributed by atoms with van der Waals surface area (Å²) in [4.78, 5) is 0. The van der Waals surface area contributed by atoms with Gasteiger partial charge in [-0.15, -0.1) is 0 Å². The van der Waals surface area contributed by atoms with Gasteiger partial charge in [-0.05, 0) is 53.2 Å². The molecule has 2 aliphatic rings. The van der Waals surface area contributed by atoms with Gasteiger partial charge in [-0.2, -0.15) is 0 Å². The van der Waals surface area contributed by atoms with Gasteiger partial charge in [0, 0.05) is 24.8 Å². The van der Waals surface area contributed by atoms with E-state index < -0.39 is 13.9 Å². The van der Waals surface area contributed by atoms with Crippen LogP contribution in [0.25, 0.3) is 0 Å². The smallest absolute Gasteiger partial charge is 0.261 e. The number of benzene rings is 3. The van der Waals surface area contributed by atoms with Gasteiger partial charge in [0.2, 0.25) is 0 Å². The fourth-order valence-corrected chi connectivity index (χ4v) is 11.3. The number of para-hydroxylation sites is 1. The first kappa shape index (κ1) is 26.2. The molecular formula is C32H41NO3Si. The van der Waals surface area contributed by atoms with Gasteiger partial charge >= 0.3 is 0 Å². The first-order chi connectivity index (χ1) is 17.8.